The molecule has 0 aromatic heterocycles. The molecule has 9 heteroatoms. The largest absolute Gasteiger partial charge is 0.418 e. The van der Waals surface area contributed by atoms with Crippen LogP contribution >= 0.6 is 28.1 Å². The molecule has 1 saturated heterocycles. The predicted octanol–water partition coefficient (Wildman–Crippen LogP) is 3.21. The lowest BCUT2D eigenvalue weighted by Gasteiger charge is -2.26. The molecule has 1 heterocycles. The number of aliphatic hydroxyl groups is 1. The van der Waals surface area contributed by atoms with Crippen LogP contribution < -0.4 is 4.47 Å². The van der Waals surface area contributed by atoms with E-state index in [0.717, 1.165) is 21.1 Å². The molecule has 0 spiro atoms. The second-order valence-electron chi connectivity index (χ2n) is 4.47. The maximum atomic E-state index is 12.7. The minimum Gasteiger partial charge on any atom is -0.379 e. The molecule has 0 radical (unpaired) electrons. The highest BCUT2D eigenvalue weighted by Crippen LogP contribution is 2.40. The van der Waals surface area contributed by atoms with Crippen molar-refractivity contribution >= 4 is 33.8 Å². The second-order valence-corrected chi connectivity index (χ2v) is 6.42. The van der Waals surface area contributed by atoms with Crippen molar-refractivity contribution < 1.29 is 23.5 Å². The van der Waals surface area contributed by atoms with Gasteiger partial charge in [-0.15, -0.1) is 0 Å². The molecule has 1 aromatic carbocycles. The van der Waals surface area contributed by atoms with E-state index in [9.17, 15) is 23.5 Å². The van der Waals surface area contributed by atoms with Crippen LogP contribution in [-0.4, -0.2) is 39.5 Å². The van der Waals surface area contributed by atoms with E-state index in [1.807, 2.05) is 0 Å². The summed E-state index contributed by atoms with van der Waals surface area (Å²) in [6, 6.07) is 6.64. The summed E-state index contributed by atoms with van der Waals surface area (Å²) in [5.41, 5.74) is -2.28. The molecule has 0 amide bonds. The van der Waals surface area contributed by atoms with Crippen molar-refractivity contribution in [3.63, 3.8) is 0 Å². The van der Waals surface area contributed by atoms with Gasteiger partial charge in [0.25, 0.3) is 0 Å². The SMILES string of the molecule is ON(SN1CCC(O)(C(F)(F)F)C1)c1ccc(Br)cc1. The van der Waals surface area contributed by atoms with E-state index in [1.165, 1.54) is 4.31 Å². The molecule has 0 saturated carbocycles. The topological polar surface area (TPSA) is 46.9 Å². The third kappa shape index (κ3) is 3.40. The summed E-state index contributed by atoms with van der Waals surface area (Å²) in [5, 5.41) is 19.4. The molecule has 0 aliphatic carbocycles. The quantitative estimate of drug-likeness (QED) is 0.630. The van der Waals surface area contributed by atoms with E-state index in [1.54, 1.807) is 24.3 Å². The highest BCUT2D eigenvalue weighted by Gasteiger charge is 2.57. The van der Waals surface area contributed by atoms with Crippen molar-refractivity contribution in [1.29, 1.82) is 0 Å². The fourth-order valence-corrected chi connectivity index (χ4v) is 2.93. The molecule has 2 rings (SSSR count). The Hall–Kier alpha value is -0.480. The number of benzene rings is 1. The molecular weight excluding hydrogens is 361 g/mol. The third-order valence-electron chi connectivity index (χ3n) is 2.98. The first-order valence-corrected chi connectivity index (χ1v) is 7.20. The number of nitrogens with zero attached hydrogens (tertiary/aromatic N) is 2. The van der Waals surface area contributed by atoms with Crippen molar-refractivity contribution in [2.24, 2.45) is 0 Å². The van der Waals surface area contributed by atoms with Gasteiger partial charge in [-0.3, -0.25) is 5.21 Å². The third-order valence-corrected chi connectivity index (χ3v) is 4.42. The molecule has 1 atom stereocenters. The van der Waals surface area contributed by atoms with Gasteiger partial charge in [0.15, 0.2) is 5.60 Å². The average Bonchev–Trinajstić information content (AvgIpc) is 2.72. The van der Waals surface area contributed by atoms with E-state index < -0.39 is 24.7 Å². The van der Waals surface area contributed by atoms with Crippen LogP contribution in [0, 0.1) is 0 Å². The Kier molecular flexibility index (Phi) is 4.55. The zero-order valence-corrected chi connectivity index (χ0v) is 12.5. The Balaban J connectivity index is 1.97. The molecule has 20 heavy (non-hydrogen) atoms. The van der Waals surface area contributed by atoms with Gasteiger partial charge in [0.05, 0.1) is 17.8 Å². The van der Waals surface area contributed by atoms with Crippen LogP contribution in [0.4, 0.5) is 18.9 Å². The number of hydrogen-bond acceptors (Lipinski definition) is 5. The summed E-state index contributed by atoms with van der Waals surface area (Å²) in [4.78, 5) is 0. The van der Waals surface area contributed by atoms with Crippen molar-refractivity contribution in [2.75, 3.05) is 17.6 Å². The van der Waals surface area contributed by atoms with E-state index in [-0.39, 0.29) is 6.54 Å². The van der Waals surface area contributed by atoms with Crippen LogP contribution in [0.15, 0.2) is 28.7 Å². The van der Waals surface area contributed by atoms with Crippen LogP contribution in [0.25, 0.3) is 0 Å². The summed E-state index contributed by atoms with van der Waals surface area (Å²) in [6.07, 6.45) is -5.07. The Labute approximate surface area is 126 Å². The van der Waals surface area contributed by atoms with Gasteiger partial charge in [0.1, 0.15) is 0 Å². The van der Waals surface area contributed by atoms with Gasteiger partial charge in [-0.2, -0.15) is 17.6 Å². The van der Waals surface area contributed by atoms with Gasteiger partial charge >= 0.3 is 6.18 Å². The van der Waals surface area contributed by atoms with Crippen LogP contribution in [0.2, 0.25) is 0 Å². The predicted molar refractivity (Wildman–Crippen MR) is 73.2 cm³/mol. The molecular formula is C11H12BrF3N2O2S. The smallest absolute Gasteiger partial charge is 0.379 e. The normalized spacial score (nSPS) is 24.1. The molecule has 1 fully saturated rings. The average molecular weight is 373 g/mol. The number of β-amino-alcohol motifs (C(OH)–C–C–N with tert-alkyl or cyclic N) is 1. The number of anilines is 1. The van der Waals surface area contributed by atoms with Gasteiger partial charge in [-0.05, 0) is 24.3 Å². The van der Waals surface area contributed by atoms with Crippen LogP contribution in [0.3, 0.4) is 0 Å². The lowest BCUT2D eigenvalue weighted by Crippen LogP contribution is -2.46. The lowest BCUT2D eigenvalue weighted by atomic mass is 10.0. The van der Waals surface area contributed by atoms with E-state index in [0.29, 0.717) is 5.69 Å². The zero-order valence-electron chi connectivity index (χ0n) is 10.1. The van der Waals surface area contributed by atoms with Crippen molar-refractivity contribution in [3.05, 3.63) is 28.7 Å². The number of hydrogen-bond donors (Lipinski definition) is 2. The fourth-order valence-electron chi connectivity index (χ4n) is 1.79. The molecule has 1 unspecified atom stereocenters. The van der Waals surface area contributed by atoms with Gasteiger partial charge in [-0.25, -0.2) is 4.31 Å². The number of alkyl halides is 3. The van der Waals surface area contributed by atoms with Gasteiger partial charge in [0, 0.05) is 24.0 Å². The minimum absolute atomic E-state index is 0.0360. The molecule has 4 nitrogen and oxygen atoms in total. The second kappa shape index (κ2) is 5.72. The first kappa shape index (κ1) is 15.9. The Morgan fingerprint density at radius 3 is 2.40 bits per heavy atom. The molecule has 112 valence electrons. The van der Waals surface area contributed by atoms with Gasteiger partial charge in [-0.1, -0.05) is 15.9 Å². The summed E-state index contributed by atoms with van der Waals surface area (Å²) in [6.45, 7) is -0.539. The molecule has 1 aromatic rings. The Morgan fingerprint density at radius 1 is 1.30 bits per heavy atom. The molecule has 0 bridgehead atoms. The van der Waals surface area contributed by atoms with Crippen LogP contribution in [0.1, 0.15) is 6.42 Å². The Morgan fingerprint density at radius 2 is 1.90 bits per heavy atom. The zero-order chi connectivity index (χ0) is 15.0. The van der Waals surface area contributed by atoms with E-state index >= 15 is 0 Å². The summed E-state index contributed by atoms with van der Waals surface area (Å²) in [5.74, 6) is 0. The molecule has 1 aliphatic heterocycles. The first-order chi connectivity index (χ1) is 9.21. The number of rotatable bonds is 3. The maximum absolute atomic E-state index is 12.7. The maximum Gasteiger partial charge on any atom is 0.418 e. The van der Waals surface area contributed by atoms with Crippen LogP contribution in [0.5, 0.6) is 0 Å². The molecule has 1 aliphatic rings. The summed E-state index contributed by atoms with van der Waals surface area (Å²) >= 11 is 3.98. The van der Waals surface area contributed by atoms with Crippen LogP contribution in [-0.2, 0) is 0 Å². The van der Waals surface area contributed by atoms with Gasteiger partial charge < -0.3 is 5.11 Å². The lowest BCUT2D eigenvalue weighted by molar-refractivity contribution is -0.252. The standard InChI is InChI=1S/C11H12BrF3N2O2S/c12-8-1-3-9(4-2-8)17(19)20-16-6-5-10(18,7-16)11(13,14)15/h1-4,18-19H,5-7H2. The molecule has 2 N–H and O–H groups in total. The van der Waals surface area contributed by atoms with Gasteiger partial charge in [0.2, 0.25) is 0 Å². The summed E-state index contributed by atoms with van der Waals surface area (Å²) < 4.78 is 40.8. The Bertz CT molecular complexity index is 474. The highest BCUT2D eigenvalue weighted by atomic mass is 79.9. The van der Waals surface area contributed by atoms with E-state index in [2.05, 4.69) is 15.9 Å². The highest BCUT2D eigenvalue weighted by molar-refractivity contribution is 9.10. The fraction of sp³-hybridized carbons (Fsp3) is 0.455. The number of halogens is 4. The minimum atomic E-state index is -4.67. The van der Waals surface area contributed by atoms with Crippen molar-refractivity contribution in [2.45, 2.75) is 18.2 Å². The first-order valence-electron chi connectivity index (χ1n) is 5.68. The van der Waals surface area contributed by atoms with Crippen molar-refractivity contribution in [3.8, 4) is 0 Å². The van der Waals surface area contributed by atoms with E-state index in [4.69, 9.17) is 0 Å². The van der Waals surface area contributed by atoms with Crippen molar-refractivity contribution in [1.82, 2.24) is 4.31 Å². The summed E-state index contributed by atoms with van der Waals surface area (Å²) in [7, 11) is 0. The monoisotopic (exact) mass is 372 g/mol.